The SMILES string of the molecule is CC1(C)CC(C)(C)CC2(CC(=O)c3cc(Cl)ccc3O2)C1. The Morgan fingerprint density at radius 2 is 1.67 bits per heavy atom. The molecule has 0 radical (unpaired) electrons. The molecule has 0 bridgehead atoms. The van der Waals surface area contributed by atoms with Crippen LogP contribution in [0.2, 0.25) is 5.02 Å². The lowest BCUT2D eigenvalue weighted by Crippen LogP contribution is -2.52. The zero-order chi connectivity index (χ0) is 15.5. The lowest BCUT2D eigenvalue weighted by atomic mass is 9.58. The molecule has 114 valence electrons. The summed E-state index contributed by atoms with van der Waals surface area (Å²) in [6.45, 7) is 9.11. The summed E-state index contributed by atoms with van der Waals surface area (Å²) in [5.74, 6) is 0.858. The summed E-state index contributed by atoms with van der Waals surface area (Å²) >= 11 is 6.00. The fourth-order valence-corrected chi connectivity index (χ4v) is 5.06. The van der Waals surface area contributed by atoms with Crippen LogP contribution in [0.25, 0.3) is 0 Å². The standard InChI is InChI=1S/C18H23ClO2/c1-16(2)9-17(3,4)11-18(10-16)8-14(20)13-7-12(19)5-6-15(13)21-18/h5-7H,8-11H2,1-4H3. The van der Waals surface area contributed by atoms with Crippen LogP contribution in [0.3, 0.4) is 0 Å². The minimum atomic E-state index is -0.358. The molecule has 0 saturated heterocycles. The summed E-state index contributed by atoms with van der Waals surface area (Å²) in [4.78, 5) is 12.6. The van der Waals surface area contributed by atoms with E-state index in [1.165, 1.54) is 0 Å². The Morgan fingerprint density at radius 1 is 1.05 bits per heavy atom. The van der Waals surface area contributed by atoms with Gasteiger partial charge < -0.3 is 4.74 Å². The van der Waals surface area contributed by atoms with Crippen LogP contribution in [-0.4, -0.2) is 11.4 Å². The van der Waals surface area contributed by atoms with Gasteiger partial charge in [0.25, 0.3) is 0 Å². The predicted octanol–water partition coefficient (Wildman–Crippen LogP) is 5.28. The maximum atomic E-state index is 12.6. The minimum Gasteiger partial charge on any atom is -0.486 e. The van der Waals surface area contributed by atoms with Gasteiger partial charge in [-0.1, -0.05) is 39.3 Å². The third-order valence-electron chi connectivity index (χ3n) is 4.61. The summed E-state index contributed by atoms with van der Waals surface area (Å²) in [5.41, 5.74) is 0.649. The number of halogens is 1. The first kappa shape index (κ1) is 14.9. The first-order chi connectivity index (χ1) is 9.60. The van der Waals surface area contributed by atoms with Crippen LogP contribution in [0.15, 0.2) is 18.2 Å². The molecule has 21 heavy (non-hydrogen) atoms. The quantitative estimate of drug-likeness (QED) is 0.652. The van der Waals surface area contributed by atoms with Crippen LogP contribution in [0, 0.1) is 10.8 Å². The van der Waals surface area contributed by atoms with Gasteiger partial charge in [0.15, 0.2) is 5.78 Å². The molecule has 0 aromatic heterocycles. The molecule has 1 aliphatic carbocycles. The van der Waals surface area contributed by atoms with E-state index in [0.29, 0.717) is 22.8 Å². The van der Waals surface area contributed by atoms with Crippen LogP contribution in [-0.2, 0) is 0 Å². The van der Waals surface area contributed by atoms with E-state index in [0.717, 1.165) is 19.3 Å². The highest BCUT2D eigenvalue weighted by Gasteiger charge is 2.51. The molecule has 1 aliphatic heterocycles. The second-order valence-electron chi connectivity index (χ2n) is 8.38. The Hall–Kier alpha value is -1.02. The van der Waals surface area contributed by atoms with Crippen molar-refractivity contribution in [2.75, 3.05) is 0 Å². The number of carbonyl (C=O) groups excluding carboxylic acids is 1. The molecule has 2 nitrogen and oxygen atoms in total. The molecule has 1 fully saturated rings. The number of hydrogen-bond donors (Lipinski definition) is 0. The molecule has 1 saturated carbocycles. The average Bonchev–Trinajstić information content (AvgIpc) is 2.25. The number of carbonyl (C=O) groups is 1. The van der Waals surface area contributed by atoms with Gasteiger partial charge >= 0.3 is 0 Å². The minimum absolute atomic E-state index is 0.159. The van der Waals surface area contributed by atoms with Gasteiger partial charge in [-0.05, 0) is 48.3 Å². The largest absolute Gasteiger partial charge is 0.486 e. The van der Waals surface area contributed by atoms with Gasteiger partial charge in [0.05, 0.1) is 12.0 Å². The zero-order valence-electron chi connectivity index (χ0n) is 13.3. The number of ketones is 1. The van der Waals surface area contributed by atoms with Crippen molar-refractivity contribution in [2.24, 2.45) is 10.8 Å². The van der Waals surface area contributed by atoms with Gasteiger partial charge in [-0.2, -0.15) is 0 Å². The Kier molecular flexibility index (Phi) is 3.18. The number of Topliss-reactive ketones (excluding diaryl/α,β-unsaturated/α-hetero) is 1. The fraction of sp³-hybridized carbons (Fsp3) is 0.611. The first-order valence-corrected chi connectivity index (χ1v) is 8.00. The lowest BCUT2D eigenvalue weighted by Gasteiger charge is -2.52. The van der Waals surface area contributed by atoms with Crippen LogP contribution >= 0.6 is 11.6 Å². The smallest absolute Gasteiger partial charge is 0.170 e. The molecule has 0 unspecified atom stereocenters. The monoisotopic (exact) mass is 306 g/mol. The molecule has 1 heterocycles. The van der Waals surface area contributed by atoms with Crippen molar-refractivity contribution >= 4 is 17.4 Å². The van der Waals surface area contributed by atoms with Crippen LogP contribution in [0.5, 0.6) is 5.75 Å². The Bertz CT molecular complexity index is 585. The Morgan fingerprint density at radius 3 is 2.29 bits per heavy atom. The van der Waals surface area contributed by atoms with Crippen molar-refractivity contribution < 1.29 is 9.53 Å². The van der Waals surface area contributed by atoms with Gasteiger partial charge in [-0.3, -0.25) is 4.79 Å². The van der Waals surface area contributed by atoms with Crippen LogP contribution in [0.1, 0.15) is 63.7 Å². The van der Waals surface area contributed by atoms with Gasteiger partial charge in [0.1, 0.15) is 11.4 Å². The van der Waals surface area contributed by atoms with Crippen LogP contribution in [0.4, 0.5) is 0 Å². The third kappa shape index (κ3) is 2.83. The second-order valence-corrected chi connectivity index (χ2v) is 8.82. The third-order valence-corrected chi connectivity index (χ3v) is 4.84. The molecule has 1 aromatic carbocycles. The van der Waals surface area contributed by atoms with Gasteiger partial charge in [0.2, 0.25) is 0 Å². The van der Waals surface area contributed by atoms with Crippen molar-refractivity contribution in [1.29, 1.82) is 0 Å². The van der Waals surface area contributed by atoms with E-state index in [4.69, 9.17) is 16.3 Å². The van der Waals surface area contributed by atoms with Crippen molar-refractivity contribution in [1.82, 2.24) is 0 Å². The zero-order valence-corrected chi connectivity index (χ0v) is 14.0. The molecule has 0 atom stereocenters. The van der Waals surface area contributed by atoms with E-state index in [-0.39, 0.29) is 22.2 Å². The van der Waals surface area contributed by atoms with Crippen molar-refractivity contribution in [3.63, 3.8) is 0 Å². The van der Waals surface area contributed by atoms with E-state index in [2.05, 4.69) is 27.7 Å². The summed E-state index contributed by atoms with van der Waals surface area (Å²) in [5, 5.41) is 0.589. The van der Waals surface area contributed by atoms with Crippen molar-refractivity contribution in [3.05, 3.63) is 28.8 Å². The summed E-state index contributed by atoms with van der Waals surface area (Å²) < 4.78 is 6.38. The van der Waals surface area contributed by atoms with Gasteiger partial charge in [-0.25, -0.2) is 0 Å². The van der Waals surface area contributed by atoms with Crippen LogP contribution < -0.4 is 4.74 Å². The number of fused-ring (bicyclic) bond motifs is 1. The van der Waals surface area contributed by atoms with Gasteiger partial charge in [0, 0.05) is 5.02 Å². The maximum absolute atomic E-state index is 12.6. The summed E-state index contributed by atoms with van der Waals surface area (Å²) in [6.07, 6.45) is 3.48. The summed E-state index contributed by atoms with van der Waals surface area (Å²) in [6, 6.07) is 5.36. The lowest BCUT2D eigenvalue weighted by molar-refractivity contribution is -0.0714. The second kappa shape index (κ2) is 4.49. The Labute approximate surface area is 131 Å². The highest BCUT2D eigenvalue weighted by molar-refractivity contribution is 6.31. The number of benzene rings is 1. The molecule has 1 spiro atoms. The molecule has 1 aromatic rings. The molecule has 0 N–H and O–H groups in total. The fourth-order valence-electron chi connectivity index (χ4n) is 4.89. The number of ether oxygens (including phenoxy) is 1. The van der Waals surface area contributed by atoms with E-state index >= 15 is 0 Å². The molecule has 3 heteroatoms. The first-order valence-electron chi connectivity index (χ1n) is 7.62. The number of rotatable bonds is 0. The van der Waals surface area contributed by atoms with Crippen molar-refractivity contribution in [3.8, 4) is 5.75 Å². The molecule has 2 aliphatic rings. The maximum Gasteiger partial charge on any atom is 0.170 e. The normalized spacial score (nSPS) is 25.3. The van der Waals surface area contributed by atoms with E-state index in [1.807, 2.05) is 6.07 Å². The Balaban J connectivity index is 2.01. The van der Waals surface area contributed by atoms with E-state index in [1.54, 1.807) is 12.1 Å². The van der Waals surface area contributed by atoms with Crippen molar-refractivity contribution in [2.45, 2.75) is 59.0 Å². The molecular formula is C18H23ClO2. The summed E-state index contributed by atoms with van der Waals surface area (Å²) in [7, 11) is 0. The topological polar surface area (TPSA) is 26.3 Å². The highest BCUT2D eigenvalue weighted by atomic mass is 35.5. The number of hydrogen-bond acceptors (Lipinski definition) is 2. The van der Waals surface area contributed by atoms with E-state index in [9.17, 15) is 4.79 Å². The van der Waals surface area contributed by atoms with Gasteiger partial charge in [-0.15, -0.1) is 0 Å². The van der Waals surface area contributed by atoms with E-state index < -0.39 is 0 Å². The molecule has 0 amide bonds. The predicted molar refractivity (Wildman–Crippen MR) is 85.2 cm³/mol. The molecule has 3 rings (SSSR count). The molecular weight excluding hydrogens is 284 g/mol. The highest BCUT2D eigenvalue weighted by Crippen LogP contribution is 2.54. The average molecular weight is 307 g/mol.